The van der Waals surface area contributed by atoms with Crippen LogP contribution < -0.4 is 0 Å². The highest BCUT2D eigenvalue weighted by atomic mass is 79.9. The fraction of sp³-hybridized carbons (Fsp3) is 0.625. The minimum Gasteiger partial charge on any atom is -0.388 e. The van der Waals surface area contributed by atoms with Gasteiger partial charge in [-0.25, -0.2) is 0 Å². The van der Waals surface area contributed by atoms with E-state index in [0.29, 0.717) is 11.3 Å². The molecule has 0 radical (unpaired) electrons. The van der Waals surface area contributed by atoms with E-state index in [0.717, 1.165) is 27.4 Å². The molecule has 19 heavy (non-hydrogen) atoms. The van der Waals surface area contributed by atoms with Crippen molar-refractivity contribution in [1.82, 2.24) is 0 Å². The molecular formula is C16H24Br2O. The molecule has 1 aromatic carbocycles. The maximum atomic E-state index is 10.4. The summed E-state index contributed by atoms with van der Waals surface area (Å²) >= 11 is 7.08. The number of aliphatic hydroxyl groups excluding tert-OH is 1. The summed E-state index contributed by atoms with van der Waals surface area (Å²) in [4.78, 5) is 0. The maximum absolute atomic E-state index is 10.4. The van der Waals surface area contributed by atoms with Gasteiger partial charge in [-0.15, -0.1) is 0 Å². The number of aliphatic hydroxyl groups is 1. The minimum absolute atomic E-state index is 0.310. The van der Waals surface area contributed by atoms with E-state index in [2.05, 4.69) is 65.6 Å². The summed E-state index contributed by atoms with van der Waals surface area (Å²) in [5.74, 6) is 0.502. The van der Waals surface area contributed by atoms with E-state index in [1.165, 1.54) is 5.56 Å². The van der Waals surface area contributed by atoms with E-state index in [1.54, 1.807) is 0 Å². The summed E-state index contributed by atoms with van der Waals surface area (Å²) in [6, 6.07) is 4.07. The van der Waals surface area contributed by atoms with Crippen molar-refractivity contribution in [3.05, 3.63) is 32.2 Å². The highest BCUT2D eigenvalue weighted by molar-refractivity contribution is 9.11. The third-order valence-electron chi connectivity index (χ3n) is 3.22. The van der Waals surface area contributed by atoms with E-state index < -0.39 is 6.10 Å². The van der Waals surface area contributed by atoms with Crippen LogP contribution >= 0.6 is 31.9 Å². The first-order valence-corrected chi connectivity index (χ1v) is 8.32. The van der Waals surface area contributed by atoms with Gasteiger partial charge >= 0.3 is 0 Å². The number of hydrogen-bond donors (Lipinski definition) is 1. The molecule has 3 heteroatoms. The van der Waals surface area contributed by atoms with Gasteiger partial charge in [0.05, 0.1) is 6.10 Å². The number of halogens is 2. The summed E-state index contributed by atoms with van der Waals surface area (Å²) in [6.07, 6.45) is 1.50. The molecule has 0 bridgehead atoms. The molecule has 0 saturated carbocycles. The van der Waals surface area contributed by atoms with Crippen molar-refractivity contribution in [3.8, 4) is 0 Å². The molecule has 0 heterocycles. The van der Waals surface area contributed by atoms with Crippen LogP contribution in [-0.2, 0) is 0 Å². The van der Waals surface area contributed by atoms with Gasteiger partial charge in [-0.2, -0.15) is 0 Å². The number of aryl methyl sites for hydroxylation is 1. The zero-order chi connectivity index (χ0) is 14.8. The van der Waals surface area contributed by atoms with E-state index in [-0.39, 0.29) is 0 Å². The summed E-state index contributed by atoms with van der Waals surface area (Å²) in [6.45, 7) is 11.0. The smallest absolute Gasteiger partial charge is 0.0803 e. The molecule has 0 fully saturated rings. The van der Waals surface area contributed by atoms with Crippen LogP contribution in [0.25, 0.3) is 0 Å². The number of benzene rings is 1. The summed E-state index contributed by atoms with van der Waals surface area (Å²) in [5, 5.41) is 10.4. The fourth-order valence-electron chi connectivity index (χ4n) is 2.55. The van der Waals surface area contributed by atoms with Crippen LogP contribution in [0.2, 0.25) is 0 Å². The van der Waals surface area contributed by atoms with E-state index >= 15 is 0 Å². The van der Waals surface area contributed by atoms with Gasteiger partial charge in [0.1, 0.15) is 0 Å². The van der Waals surface area contributed by atoms with Gasteiger partial charge in [0, 0.05) is 8.95 Å². The van der Waals surface area contributed by atoms with Crippen LogP contribution in [-0.4, -0.2) is 5.11 Å². The van der Waals surface area contributed by atoms with E-state index in [9.17, 15) is 5.11 Å². The Morgan fingerprint density at radius 1 is 1.16 bits per heavy atom. The fourth-order valence-corrected chi connectivity index (χ4v) is 3.64. The lowest BCUT2D eigenvalue weighted by Crippen LogP contribution is -2.14. The van der Waals surface area contributed by atoms with Gasteiger partial charge in [-0.05, 0) is 54.4 Å². The summed E-state index contributed by atoms with van der Waals surface area (Å²) in [5.41, 5.74) is 2.45. The lowest BCUT2D eigenvalue weighted by molar-refractivity contribution is 0.133. The summed E-state index contributed by atoms with van der Waals surface area (Å²) < 4.78 is 2.04. The normalized spacial score (nSPS) is 15.4. The highest BCUT2D eigenvalue weighted by Gasteiger charge is 2.20. The Morgan fingerprint density at radius 2 is 1.74 bits per heavy atom. The second kappa shape index (κ2) is 6.73. The van der Waals surface area contributed by atoms with Crippen molar-refractivity contribution in [2.24, 2.45) is 11.3 Å². The SMILES string of the molecule is Cc1cc(Br)c(C(O)CC(C)CC(C)(C)C)cc1Br. The van der Waals surface area contributed by atoms with Crippen LogP contribution in [0.3, 0.4) is 0 Å². The Hall–Kier alpha value is 0.140. The number of rotatable bonds is 4. The zero-order valence-electron chi connectivity index (χ0n) is 12.4. The standard InChI is InChI=1S/C16H24Br2O/c1-10(9-16(3,4)5)6-15(19)12-8-13(17)11(2)7-14(12)18/h7-8,10,15,19H,6,9H2,1-5H3. The molecule has 108 valence electrons. The molecule has 0 spiro atoms. The predicted octanol–water partition coefficient (Wildman–Crippen LogP) is 6.02. The van der Waals surface area contributed by atoms with Gasteiger partial charge in [0.25, 0.3) is 0 Å². The Kier molecular flexibility index (Phi) is 6.09. The van der Waals surface area contributed by atoms with Crippen molar-refractivity contribution >= 4 is 31.9 Å². The third-order valence-corrected chi connectivity index (χ3v) is 4.76. The average molecular weight is 392 g/mol. The quantitative estimate of drug-likeness (QED) is 0.665. The Labute approximate surface area is 134 Å². The zero-order valence-corrected chi connectivity index (χ0v) is 15.6. The van der Waals surface area contributed by atoms with Crippen molar-refractivity contribution in [2.45, 2.75) is 53.6 Å². The van der Waals surface area contributed by atoms with E-state index in [1.807, 2.05) is 13.0 Å². The summed E-state index contributed by atoms with van der Waals surface area (Å²) in [7, 11) is 0. The van der Waals surface area contributed by atoms with Crippen LogP contribution in [0.4, 0.5) is 0 Å². The molecule has 1 rings (SSSR count). The maximum Gasteiger partial charge on any atom is 0.0803 e. The van der Waals surface area contributed by atoms with E-state index in [4.69, 9.17) is 0 Å². The van der Waals surface area contributed by atoms with Crippen LogP contribution in [0.15, 0.2) is 21.1 Å². The molecule has 1 aromatic rings. The van der Waals surface area contributed by atoms with Gasteiger partial charge in [0.15, 0.2) is 0 Å². The molecule has 0 saturated heterocycles. The second-order valence-electron chi connectivity index (χ2n) is 6.74. The molecule has 0 aliphatic carbocycles. The molecular weight excluding hydrogens is 368 g/mol. The molecule has 2 atom stereocenters. The average Bonchev–Trinajstić information content (AvgIpc) is 2.20. The second-order valence-corrected chi connectivity index (χ2v) is 8.45. The first kappa shape index (κ1) is 17.2. The van der Waals surface area contributed by atoms with Gasteiger partial charge in [-0.1, -0.05) is 59.6 Å². The lowest BCUT2D eigenvalue weighted by atomic mass is 9.82. The topological polar surface area (TPSA) is 20.2 Å². The van der Waals surface area contributed by atoms with Crippen molar-refractivity contribution < 1.29 is 5.11 Å². The molecule has 0 amide bonds. The molecule has 0 aliphatic rings. The predicted molar refractivity (Wildman–Crippen MR) is 89.4 cm³/mol. The lowest BCUT2D eigenvalue weighted by Gasteiger charge is -2.25. The van der Waals surface area contributed by atoms with Crippen LogP contribution in [0.5, 0.6) is 0 Å². The third kappa shape index (κ3) is 5.57. The Balaban J connectivity index is 2.78. The monoisotopic (exact) mass is 390 g/mol. The molecule has 2 unspecified atom stereocenters. The van der Waals surface area contributed by atoms with Crippen LogP contribution in [0.1, 0.15) is 57.8 Å². The van der Waals surface area contributed by atoms with Gasteiger partial charge in [-0.3, -0.25) is 0 Å². The van der Waals surface area contributed by atoms with Gasteiger partial charge < -0.3 is 5.11 Å². The van der Waals surface area contributed by atoms with Crippen molar-refractivity contribution in [3.63, 3.8) is 0 Å². The largest absolute Gasteiger partial charge is 0.388 e. The highest BCUT2D eigenvalue weighted by Crippen LogP contribution is 2.35. The van der Waals surface area contributed by atoms with Crippen molar-refractivity contribution in [1.29, 1.82) is 0 Å². The first-order chi connectivity index (χ1) is 8.60. The Morgan fingerprint density at radius 3 is 2.26 bits per heavy atom. The molecule has 0 aliphatic heterocycles. The molecule has 1 nitrogen and oxygen atoms in total. The Bertz CT molecular complexity index is 435. The molecule has 0 aromatic heterocycles. The van der Waals surface area contributed by atoms with Crippen molar-refractivity contribution in [2.75, 3.05) is 0 Å². The molecule has 1 N–H and O–H groups in total. The first-order valence-electron chi connectivity index (χ1n) is 6.74. The van der Waals surface area contributed by atoms with Gasteiger partial charge in [0.2, 0.25) is 0 Å². The number of hydrogen-bond acceptors (Lipinski definition) is 1. The van der Waals surface area contributed by atoms with Crippen LogP contribution in [0, 0.1) is 18.3 Å². The minimum atomic E-state index is -0.413.